The molecular formula is C12H17N3O. The summed E-state index contributed by atoms with van der Waals surface area (Å²) in [6.45, 7) is 3.85. The topological polar surface area (TPSA) is 71.9 Å². The zero-order valence-electron chi connectivity index (χ0n) is 9.68. The van der Waals surface area contributed by atoms with Crippen molar-refractivity contribution in [3.63, 3.8) is 0 Å². The maximum atomic E-state index is 8.75. The van der Waals surface area contributed by atoms with Gasteiger partial charge < -0.3 is 10.5 Å². The van der Waals surface area contributed by atoms with Gasteiger partial charge >= 0.3 is 0 Å². The van der Waals surface area contributed by atoms with Gasteiger partial charge in [0.25, 0.3) is 0 Å². The second-order valence-corrected chi connectivity index (χ2v) is 3.81. The molecule has 0 fully saturated rings. The van der Waals surface area contributed by atoms with Gasteiger partial charge in [-0.25, -0.2) is 0 Å². The number of pyridine rings is 1. The van der Waals surface area contributed by atoms with E-state index in [0.717, 1.165) is 12.1 Å². The van der Waals surface area contributed by atoms with Gasteiger partial charge in [0.1, 0.15) is 11.8 Å². The highest BCUT2D eigenvalue weighted by Gasteiger charge is 2.06. The van der Waals surface area contributed by atoms with E-state index in [2.05, 4.69) is 11.1 Å². The first-order valence-corrected chi connectivity index (χ1v) is 5.42. The molecule has 0 spiro atoms. The van der Waals surface area contributed by atoms with Crippen LogP contribution in [0.3, 0.4) is 0 Å². The molecule has 4 heteroatoms. The fraction of sp³-hybridized carbons (Fsp3) is 0.500. The van der Waals surface area contributed by atoms with Gasteiger partial charge in [0.15, 0.2) is 6.10 Å². The lowest BCUT2D eigenvalue weighted by Gasteiger charge is -2.10. The Hall–Kier alpha value is -1.60. The van der Waals surface area contributed by atoms with Gasteiger partial charge in [0.2, 0.25) is 0 Å². The predicted octanol–water partition coefficient (Wildman–Crippen LogP) is 1.65. The molecule has 1 aromatic rings. The second-order valence-electron chi connectivity index (χ2n) is 3.81. The van der Waals surface area contributed by atoms with Gasteiger partial charge in [-0.15, -0.1) is 0 Å². The van der Waals surface area contributed by atoms with Crippen molar-refractivity contribution in [2.75, 3.05) is 0 Å². The lowest BCUT2D eigenvalue weighted by atomic mass is 10.2. The first-order chi connectivity index (χ1) is 7.65. The molecule has 86 valence electrons. The van der Waals surface area contributed by atoms with Crippen LogP contribution in [-0.2, 0) is 6.42 Å². The Bertz CT molecular complexity index is 354. The minimum Gasteiger partial charge on any atom is -0.474 e. The maximum Gasteiger partial charge on any atom is 0.184 e. The van der Waals surface area contributed by atoms with E-state index in [1.807, 2.05) is 26.0 Å². The molecule has 0 radical (unpaired) electrons. The molecule has 0 saturated carbocycles. The molecule has 0 aliphatic rings. The smallest absolute Gasteiger partial charge is 0.184 e. The molecule has 16 heavy (non-hydrogen) atoms. The van der Waals surface area contributed by atoms with Crippen LogP contribution in [-0.4, -0.2) is 17.1 Å². The average Bonchev–Trinajstić information content (AvgIpc) is 2.27. The number of hydrogen-bond acceptors (Lipinski definition) is 4. The summed E-state index contributed by atoms with van der Waals surface area (Å²) in [6.07, 6.45) is 2.65. The number of ether oxygens (including phenoxy) is 1. The van der Waals surface area contributed by atoms with Crippen molar-refractivity contribution >= 4 is 0 Å². The number of nitrogens with zero attached hydrogens (tertiary/aromatic N) is 2. The summed E-state index contributed by atoms with van der Waals surface area (Å²) in [5.74, 6) is 0.627. The third-order valence-corrected chi connectivity index (χ3v) is 2.12. The summed E-state index contributed by atoms with van der Waals surface area (Å²) in [5.41, 5.74) is 6.61. The van der Waals surface area contributed by atoms with E-state index < -0.39 is 6.10 Å². The van der Waals surface area contributed by atoms with Gasteiger partial charge in [0, 0.05) is 18.2 Å². The van der Waals surface area contributed by atoms with Crippen LogP contribution in [0.15, 0.2) is 18.3 Å². The molecule has 0 saturated heterocycles. The van der Waals surface area contributed by atoms with Crippen LogP contribution >= 0.6 is 0 Å². The standard InChI is InChI=1S/C12H17N3O/c1-3-11(7-13)16-12-5-4-10(15-8-12)6-9(2)14/h4-5,8-9,11H,3,6,14H2,1-2H3. The number of aromatic nitrogens is 1. The minimum absolute atomic E-state index is 0.0989. The Balaban J connectivity index is 2.61. The monoisotopic (exact) mass is 219 g/mol. The summed E-state index contributed by atoms with van der Waals surface area (Å²) in [5, 5.41) is 8.75. The van der Waals surface area contributed by atoms with Crippen molar-refractivity contribution in [3.8, 4) is 11.8 Å². The van der Waals surface area contributed by atoms with Gasteiger partial charge in [-0.3, -0.25) is 4.98 Å². The highest BCUT2D eigenvalue weighted by atomic mass is 16.5. The zero-order valence-corrected chi connectivity index (χ0v) is 9.68. The number of nitriles is 1. The van der Waals surface area contributed by atoms with Crippen LogP contribution in [0.25, 0.3) is 0 Å². The summed E-state index contributed by atoms with van der Waals surface area (Å²) >= 11 is 0. The molecule has 1 aromatic heterocycles. The largest absolute Gasteiger partial charge is 0.474 e. The molecule has 0 aliphatic carbocycles. The van der Waals surface area contributed by atoms with Crippen LogP contribution in [0, 0.1) is 11.3 Å². The fourth-order valence-electron chi connectivity index (χ4n) is 1.30. The van der Waals surface area contributed by atoms with Gasteiger partial charge in [0.05, 0.1) is 6.20 Å². The number of hydrogen-bond donors (Lipinski definition) is 1. The summed E-state index contributed by atoms with van der Waals surface area (Å²) in [6, 6.07) is 5.88. The second kappa shape index (κ2) is 6.09. The van der Waals surface area contributed by atoms with E-state index in [4.69, 9.17) is 15.7 Å². The van der Waals surface area contributed by atoms with Crippen molar-refractivity contribution in [1.82, 2.24) is 4.98 Å². The van der Waals surface area contributed by atoms with Crippen molar-refractivity contribution in [1.29, 1.82) is 5.26 Å². The molecule has 2 N–H and O–H groups in total. The van der Waals surface area contributed by atoms with Gasteiger partial charge in [-0.05, 0) is 25.5 Å². The molecular weight excluding hydrogens is 202 g/mol. The summed E-state index contributed by atoms with van der Waals surface area (Å²) < 4.78 is 5.42. The lowest BCUT2D eigenvalue weighted by molar-refractivity contribution is 0.251. The third kappa shape index (κ3) is 3.87. The Morgan fingerprint density at radius 3 is 2.75 bits per heavy atom. The number of nitrogens with two attached hydrogens (primary N) is 1. The van der Waals surface area contributed by atoms with E-state index in [-0.39, 0.29) is 6.04 Å². The molecule has 0 amide bonds. The average molecular weight is 219 g/mol. The Morgan fingerprint density at radius 1 is 1.56 bits per heavy atom. The van der Waals surface area contributed by atoms with Crippen LogP contribution in [0.5, 0.6) is 5.75 Å². The van der Waals surface area contributed by atoms with Crippen LogP contribution < -0.4 is 10.5 Å². The van der Waals surface area contributed by atoms with Crippen LogP contribution in [0.4, 0.5) is 0 Å². The third-order valence-electron chi connectivity index (χ3n) is 2.12. The first kappa shape index (κ1) is 12.5. The number of rotatable bonds is 5. The normalized spacial score (nSPS) is 13.9. The van der Waals surface area contributed by atoms with Crippen molar-refractivity contribution in [3.05, 3.63) is 24.0 Å². The van der Waals surface area contributed by atoms with Crippen molar-refractivity contribution in [2.24, 2.45) is 5.73 Å². The quantitative estimate of drug-likeness (QED) is 0.817. The van der Waals surface area contributed by atoms with Crippen LogP contribution in [0.2, 0.25) is 0 Å². The summed E-state index contributed by atoms with van der Waals surface area (Å²) in [4.78, 5) is 4.23. The molecule has 2 unspecified atom stereocenters. The van der Waals surface area contributed by atoms with E-state index >= 15 is 0 Å². The molecule has 0 aliphatic heterocycles. The molecule has 0 bridgehead atoms. The lowest BCUT2D eigenvalue weighted by Crippen LogP contribution is -2.18. The van der Waals surface area contributed by atoms with E-state index in [0.29, 0.717) is 12.2 Å². The highest BCUT2D eigenvalue weighted by molar-refractivity contribution is 5.21. The zero-order chi connectivity index (χ0) is 12.0. The van der Waals surface area contributed by atoms with E-state index in [1.165, 1.54) is 0 Å². The maximum absolute atomic E-state index is 8.75. The first-order valence-electron chi connectivity index (χ1n) is 5.42. The SMILES string of the molecule is CCC(C#N)Oc1ccc(CC(C)N)nc1. The Labute approximate surface area is 96.1 Å². The molecule has 1 rings (SSSR count). The Kier molecular flexibility index (Phi) is 4.74. The molecule has 4 nitrogen and oxygen atoms in total. The van der Waals surface area contributed by atoms with Gasteiger partial charge in [-0.1, -0.05) is 6.92 Å². The Morgan fingerprint density at radius 2 is 2.31 bits per heavy atom. The van der Waals surface area contributed by atoms with Gasteiger partial charge in [-0.2, -0.15) is 5.26 Å². The van der Waals surface area contributed by atoms with E-state index in [1.54, 1.807) is 6.20 Å². The molecule has 0 aromatic carbocycles. The highest BCUT2D eigenvalue weighted by Crippen LogP contribution is 2.12. The van der Waals surface area contributed by atoms with Crippen molar-refractivity contribution in [2.45, 2.75) is 38.8 Å². The van der Waals surface area contributed by atoms with E-state index in [9.17, 15) is 0 Å². The molecule has 1 heterocycles. The van der Waals surface area contributed by atoms with Crippen LogP contribution in [0.1, 0.15) is 26.0 Å². The predicted molar refractivity (Wildman–Crippen MR) is 61.9 cm³/mol. The fourth-order valence-corrected chi connectivity index (χ4v) is 1.30. The van der Waals surface area contributed by atoms with Crippen molar-refractivity contribution < 1.29 is 4.74 Å². The summed E-state index contributed by atoms with van der Waals surface area (Å²) in [7, 11) is 0. The minimum atomic E-state index is -0.402. The molecule has 2 atom stereocenters.